The fourth-order valence-electron chi connectivity index (χ4n) is 3.08. The summed E-state index contributed by atoms with van der Waals surface area (Å²) in [7, 11) is -1.70. The van der Waals surface area contributed by atoms with Crippen molar-refractivity contribution in [3.05, 3.63) is 59.9 Å². The summed E-state index contributed by atoms with van der Waals surface area (Å²) in [4.78, 5) is 14.0. The van der Waals surface area contributed by atoms with Crippen molar-refractivity contribution in [2.24, 2.45) is 0 Å². The quantitative estimate of drug-likeness (QED) is 0.866. The van der Waals surface area contributed by atoms with Crippen LogP contribution in [0, 0.1) is 5.82 Å². The maximum atomic E-state index is 14.0. The third kappa shape index (κ3) is 4.05. The summed E-state index contributed by atoms with van der Waals surface area (Å²) in [6.45, 7) is 2.18. The number of benzene rings is 2. The maximum Gasteiger partial charge on any atom is 0.322 e. The fourth-order valence-corrected chi connectivity index (χ4v) is 4.63. The lowest BCUT2D eigenvalue weighted by atomic mass is 10.1. The highest BCUT2D eigenvalue weighted by molar-refractivity contribution is 7.93. The minimum Gasteiger partial charge on any atom is -0.321 e. The molecule has 2 aromatic rings. The zero-order valence-electron chi connectivity index (χ0n) is 15.2. The van der Waals surface area contributed by atoms with E-state index >= 15 is 0 Å². The van der Waals surface area contributed by atoms with Crippen LogP contribution in [0.5, 0.6) is 0 Å². The van der Waals surface area contributed by atoms with Gasteiger partial charge in [-0.05, 0) is 37.6 Å². The van der Waals surface area contributed by atoms with Gasteiger partial charge in [0, 0.05) is 24.8 Å². The Morgan fingerprint density at radius 1 is 1.22 bits per heavy atom. The Kier molecular flexibility index (Phi) is 5.36. The monoisotopic (exact) mass is 391 g/mol. The van der Waals surface area contributed by atoms with Gasteiger partial charge in [-0.25, -0.2) is 17.6 Å². The topological polar surface area (TPSA) is 69.7 Å². The van der Waals surface area contributed by atoms with E-state index in [2.05, 4.69) is 5.32 Å². The Morgan fingerprint density at radius 2 is 1.96 bits per heavy atom. The van der Waals surface area contributed by atoms with Crippen LogP contribution in [-0.4, -0.2) is 38.7 Å². The van der Waals surface area contributed by atoms with E-state index in [1.54, 1.807) is 56.4 Å². The fraction of sp³-hybridized carbons (Fsp3) is 0.316. The van der Waals surface area contributed by atoms with Gasteiger partial charge in [-0.3, -0.25) is 4.31 Å². The molecule has 1 aliphatic heterocycles. The van der Waals surface area contributed by atoms with Crippen LogP contribution in [0.2, 0.25) is 0 Å². The number of hydrogen-bond donors (Lipinski definition) is 1. The van der Waals surface area contributed by atoms with Crippen molar-refractivity contribution in [1.29, 1.82) is 0 Å². The van der Waals surface area contributed by atoms with Gasteiger partial charge >= 0.3 is 6.03 Å². The highest BCUT2D eigenvalue weighted by atomic mass is 32.2. The van der Waals surface area contributed by atoms with Crippen molar-refractivity contribution >= 4 is 27.4 Å². The normalized spacial score (nSPS) is 16.8. The lowest BCUT2D eigenvalue weighted by molar-refractivity contribution is 0.207. The molecule has 0 aliphatic carbocycles. The van der Waals surface area contributed by atoms with Gasteiger partial charge in [0.05, 0.1) is 17.5 Å². The molecule has 144 valence electrons. The Hall–Kier alpha value is -2.61. The predicted octanol–water partition coefficient (Wildman–Crippen LogP) is 3.59. The molecule has 1 fully saturated rings. The van der Waals surface area contributed by atoms with E-state index in [-0.39, 0.29) is 11.6 Å². The first-order valence-electron chi connectivity index (χ1n) is 8.68. The lowest BCUT2D eigenvalue weighted by Gasteiger charge is -2.26. The minimum atomic E-state index is -3.29. The summed E-state index contributed by atoms with van der Waals surface area (Å²) in [6.07, 6.45) is 0.585. The molecule has 27 heavy (non-hydrogen) atoms. The van der Waals surface area contributed by atoms with Gasteiger partial charge < -0.3 is 10.2 Å². The molecule has 0 bridgehead atoms. The predicted molar refractivity (Wildman–Crippen MR) is 104 cm³/mol. The van der Waals surface area contributed by atoms with E-state index in [1.165, 1.54) is 15.3 Å². The number of amides is 2. The minimum absolute atomic E-state index is 0.131. The van der Waals surface area contributed by atoms with Gasteiger partial charge in [-0.15, -0.1) is 0 Å². The van der Waals surface area contributed by atoms with Crippen molar-refractivity contribution in [2.45, 2.75) is 19.4 Å². The van der Waals surface area contributed by atoms with Gasteiger partial charge in [0.2, 0.25) is 10.0 Å². The molecule has 1 N–H and O–H groups in total. The molecule has 2 aromatic carbocycles. The molecule has 0 radical (unpaired) electrons. The summed E-state index contributed by atoms with van der Waals surface area (Å²) in [5.41, 5.74) is 1.43. The molecule has 0 saturated carbocycles. The number of carbonyl (C=O) groups excluding carboxylic acids is 1. The van der Waals surface area contributed by atoms with Crippen LogP contribution in [0.25, 0.3) is 0 Å². The molecular formula is C19H22FN3O3S. The first kappa shape index (κ1) is 19.2. The third-order valence-corrected chi connectivity index (χ3v) is 6.61. The van der Waals surface area contributed by atoms with Crippen molar-refractivity contribution in [1.82, 2.24) is 4.90 Å². The molecule has 2 amide bonds. The van der Waals surface area contributed by atoms with Gasteiger partial charge in [0.15, 0.2) is 0 Å². The Balaban J connectivity index is 1.74. The Labute approximate surface area is 158 Å². The molecule has 0 aromatic heterocycles. The summed E-state index contributed by atoms with van der Waals surface area (Å²) in [6, 6.07) is 12.2. The van der Waals surface area contributed by atoms with Crippen LogP contribution < -0.4 is 9.62 Å². The second kappa shape index (κ2) is 7.56. The van der Waals surface area contributed by atoms with E-state index in [4.69, 9.17) is 0 Å². The third-order valence-electron chi connectivity index (χ3n) is 4.74. The second-order valence-electron chi connectivity index (χ2n) is 6.53. The summed E-state index contributed by atoms with van der Waals surface area (Å²) in [5, 5.41) is 2.75. The van der Waals surface area contributed by atoms with E-state index < -0.39 is 22.1 Å². The largest absolute Gasteiger partial charge is 0.322 e. The van der Waals surface area contributed by atoms with Crippen LogP contribution >= 0.6 is 0 Å². The molecule has 3 rings (SSSR count). The number of nitrogens with one attached hydrogen (secondary N) is 1. The number of urea groups is 1. The van der Waals surface area contributed by atoms with Crippen molar-refractivity contribution < 1.29 is 17.6 Å². The van der Waals surface area contributed by atoms with Gasteiger partial charge in [-0.2, -0.15) is 0 Å². The smallest absolute Gasteiger partial charge is 0.321 e. The molecule has 1 unspecified atom stereocenters. The average molecular weight is 391 g/mol. The summed E-state index contributed by atoms with van der Waals surface area (Å²) >= 11 is 0. The standard InChI is InChI=1S/C19H22FN3O3S/c1-14(17-9-3-4-10-18(17)20)22(2)19(24)21-15-7-5-8-16(13-15)23-11-6-12-27(23,25)26/h3-5,7-10,13-14H,6,11-12H2,1-2H3,(H,21,24). The summed E-state index contributed by atoms with van der Waals surface area (Å²) < 4.78 is 39.5. The van der Waals surface area contributed by atoms with Crippen molar-refractivity contribution in [3.63, 3.8) is 0 Å². The second-order valence-corrected chi connectivity index (χ2v) is 8.54. The van der Waals surface area contributed by atoms with Crippen LogP contribution in [-0.2, 0) is 10.0 Å². The Morgan fingerprint density at radius 3 is 2.63 bits per heavy atom. The highest BCUT2D eigenvalue weighted by Gasteiger charge is 2.28. The number of halogens is 1. The van der Waals surface area contributed by atoms with E-state index in [0.29, 0.717) is 29.9 Å². The van der Waals surface area contributed by atoms with Crippen LogP contribution in [0.3, 0.4) is 0 Å². The zero-order chi connectivity index (χ0) is 19.6. The molecule has 8 heteroatoms. The number of hydrogen-bond acceptors (Lipinski definition) is 3. The summed E-state index contributed by atoms with van der Waals surface area (Å²) in [5.74, 6) is -0.238. The first-order chi connectivity index (χ1) is 12.8. The Bertz CT molecular complexity index is 949. The average Bonchev–Trinajstić information content (AvgIpc) is 3.00. The molecular weight excluding hydrogens is 369 g/mol. The number of rotatable bonds is 4. The van der Waals surface area contributed by atoms with Crippen LogP contribution in [0.4, 0.5) is 20.6 Å². The maximum absolute atomic E-state index is 14.0. The van der Waals surface area contributed by atoms with E-state index in [0.717, 1.165) is 0 Å². The van der Waals surface area contributed by atoms with Crippen molar-refractivity contribution in [3.8, 4) is 0 Å². The van der Waals surface area contributed by atoms with E-state index in [1.807, 2.05) is 0 Å². The van der Waals surface area contributed by atoms with Gasteiger partial charge in [0.25, 0.3) is 0 Å². The van der Waals surface area contributed by atoms with Crippen molar-refractivity contribution in [2.75, 3.05) is 29.0 Å². The SMILES string of the molecule is CC(c1ccccc1F)N(C)C(=O)Nc1cccc(N2CCCS2(=O)=O)c1. The van der Waals surface area contributed by atoms with Crippen LogP contribution in [0.1, 0.15) is 24.9 Å². The molecule has 1 atom stereocenters. The highest BCUT2D eigenvalue weighted by Crippen LogP contribution is 2.27. The number of nitrogens with zero attached hydrogens (tertiary/aromatic N) is 2. The molecule has 1 aliphatic rings. The molecule has 1 heterocycles. The lowest BCUT2D eigenvalue weighted by Crippen LogP contribution is -2.34. The van der Waals surface area contributed by atoms with E-state index in [9.17, 15) is 17.6 Å². The number of sulfonamides is 1. The molecule has 6 nitrogen and oxygen atoms in total. The van der Waals surface area contributed by atoms with Gasteiger partial charge in [0.1, 0.15) is 5.82 Å². The molecule has 1 saturated heterocycles. The number of carbonyl (C=O) groups is 1. The first-order valence-corrected chi connectivity index (χ1v) is 10.3. The van der Waals surface area contributed by atoms with Crippen LogP contribution in [0.15, 0.2) is 48.5 Å². The number of anilines is 2. The van der Waals surface area contributed by atoms with Gasteiger partial charge in [-0.1, -0.05) is 24.3 Å². The zero-order valence-corrected chi connectivity index (χ0v) is 16.0. The molecule has 0 spiro atoms.